The molecule has 0 N–H and O–H groups in total. The third-order valence-corrected chi connectivity index (χ3v) is 10.5. The quantitative estimate of drug-likeness (QED) is 0.277. The maximum Gasteiger partial charge on any atom is 0.318 e. The largest absolute Gasteiger partial charge is 0.458 e. The number of nitrogens with zero attached hydrogens (tertiary/aromatic N) is 6. The summed E-state index contributed by atoms with van der Waals surface area (Å²) in [7, 11) is -4.06. The first kappa shape index (κ1) is 29.3. The fourth-order valence-corrected chi connectivity index (χ4v) is 7.78. The van der Waals surface area contributed by atoms with Crippen LogP contribution in [-0.4, -0.2) is 71.0 Å². The number of anilines is 1. The number of pyridine rings is 1. The molecule has 14 heteroatoms. The summed E-state index contributed by atoms with van der Waals surface area (Å²) in [6.07, 6.45) is 4.67. The monoisotopic (exact) mass is 636 g/mol. The summed E-state index contributed by atoms with van der Waals surface area (Å²) < 4.78 is 69.0. The standard InChI is InChI=1S/C31H30F2N6O5S/c1-20-12-25(36-44-20)18-43-30(40)31-14-21-15-35-39(26-4-2-23(32)3-5-26)28(21)13-22(31)8-11-38(19-31)45(41,42)27-6-7-29(34-16-27)37-10-9-24(33)17-37/h2-7,12-13,15-16,24H,8-11,14,17-19H2,1H3/t24-,31?/m1/s1. The molecule has 7 rings (SSSR count). The highest BCUT2D eigenvalue weighted by Crippen LogP contribution is 2.46. The van der Waals surface area contributed by atoms with E-state index in [9.17, 15) is 22.0 Å². The Hall–Kier alpha value is -4.43. The van der Waals surface area contributed by atoms with Gasteiger partial charge < -0.3 is 14.2 Å². The topological polar surface area (TPSA) is 124 Å². The van der Waals surface area contributed by atoms with Crippen molar-refractivity contribution in [1.82, 2.24) is 24.2 Å². The predicted molar refractivity (Wildman–Crippen MR) is 158 cm³/mol. The molecule has 45 heavy (non-hydrogen) atoms. The Morgan fingerprint density at radius 2 is 1.98 bits per heavy atom. The van der Waals surface area contributed by atoms with Gasteiger partial charge in [-0.25, -0.2) is 26.9 Å². The minimum absolute atomic E-state index is 0.0168. The van der Waals surface area contributed by atoms with Crippen LogP contribution in [0.15, 0.2) is 69.8 Å². The van der Waals surface area contributed by atoms with Gasteiger partial charge in [-0.3, -0.25) is 4.79 Å². The van der Waals surface area contributed by atoms with Gasteiger partial charge in [0.05, 0.1) is 24.1 Å². The van der Waals surface area contributed by atoms with Crippen molar-refractivity contribution in [3.05, 3.63) is 89.0 Å². The number of fused-ring (bicyclic) bond motifs is 2. The van der Waals surface area contributed by atoms with Crippen LogP contribution in [0.5, 0.6) is 0 Å². The Morgan fingerprint density at radius 1 is 1.16 bits per heavy atom. The van der Waals surface area contributed by atoms with E-state index >= 15 is 0 Å². The van der Waals surface area contributed by atoms with Crippen molar-refractivity contribution in [2.24, 2.45) is 5.41 Å². The lowest BCUT2D eigenvalue weighted by Crippen LogP contribution is -2.53. The Labute approximate surface area is 258 Å². The lowest BCUT2D eigenvalue weighted by atomic mass is 9.69. The average Bonchev–Trinajstić information content (AvgIpc) is 3.78. The van der Waals surface area contributed by atoms with E-state index in [4.69, 9.17) is 9.26 Å². The van der Waals surface area contributed by atoms with Gasteiger partial charge in [-0.15, -0.1) is 0 Å². The first-order chi connectivity index (χ1) is 21.6. The normalized spacial score (nSPS) is 21.7. The second-order valence-corrected chi connectivity index (χ2v) is 13.6. The molecule has 2 saturated heterocycles. The summed E-state index contributed by atoms with van der Waals surface area (Å²) in [6.45, 7) is 2.30. The molecule has 4 aromatic rings. The van der Waals surface area contributed by atoms with Crippen molar-refractivity contribution in [3.63, 3.8) is 0 Å². The molecule has 1 aromatic carbocycles. The van der Waals surface area contributed by atoms with Gasteiger partial charge in [0.25, 0.3) is 0 Å². The molecular formula is C31H30F2N6O5S. The molecule has 3 aliphatic rings. The molecule has 2 aliphatic heterocycles. The van der Waals surface area contributed by atoms with E-state index in [-0.39, 0.29) is 49.8 Å². The van der Waals surface area contributed by atoms with E-state index in [0.717, 1.165) is 16.8 Å². The highest BCUT2D eigenvalue weighted by Gasteiger charge is 2.52. The van der Waals surface area contributed by atoms with E-state index < -0.39 is 27.6 Å². The first-order valence-electron chi connectivity index (χ1n) is 14.6. The number of aromatic nitrogens is 4. The fourth-order valence-electron chi connectivity index (χ4n) is 6.33. The van der Waals surface area contributed by atoms with E-state index in [1.165, 1.54) is 28.7 Å². The Bertz CT molecular complexity index is 1890. The second-order valence-electron chi connectivity index (χ2n) is 11.6. The fraction of sp³-hybridized carbons (Fsp3) is 0.355. The molecule has 0 spiro atoms. The van der Waals surface area contributed by atoms with Crippen molar-refractivity contribution in [3.8, 4) is 5.69 Å². The number of carbonyl (C=O) groups excluding carboxylic acids is 1. The summed E-state index contributed by atoms with van der Waals surface area (Å²) in [5.41, 5.74) is 1.94. The summed E-state index contributed by atoms with van der Waals surface area (Å²) in [5, 5.41) is 8.41. The molecule has 3 aromatic heterocycles. The number of alkyl halides is 1. The summed E-state index contributed by atoms with van der Waals surface area (Å²) in [6, 6.07) is 10.6. The molecule has 2 fully saturated rings. The summed E-state index contributed by atoms with van der Waals surface area (Å²) >= 11 is 0. The van der Waals surface area contributed by atoms with Crippen LogP contribution in [-0.2, 0) is 32.6 Å². The van der Waals surface area contributed by atoms with Crippen LogP contribution in [0.4, 0.5) is 14.6 Å². The highest BCUT2D eigenvalue weighted by molar-refractivity contribution is 7.89. The zero-order valence-corrected chi connectivity index (χ0v) is 25.2. The van der Waals surface area contributed by atoms with Crippen molar-refractivity contribution >= 4 is 27.9 Å². The number of sulfonamides is 1. The lowest BCUT2D eigenvalue weighted by Gasteiger charge is -2.43. The predicted octanol–water partition coefficient (Wildman–Crippen LogP) is 4.01. The van der Waals surface area contributed by atoms with E-state index in [1.807, 2.05) is 6.08 Å². The zero-order valence-electron chi connectivity index (χ0n) is 24.4. The second kappa shape index (κ2) is 11.2. The average molecular weight is 637 g/mol. The molecule has 0 radical (unpaired) electrons. The maximum absolute atomic E-state index is 14.0. The van der Waals surface area contributed by atoms with Crippen molar-refractivity contribution in [2.45, 2.75) is 43.9 Å². The minimum atomic E-state index is -4.06. The number of ether oxygens (including phenoxy) is 1. The van der Waals surface area contributed by atoms with E-state index in [2.05, 4.69) is 15.2 Å². The third kappa shape index (κ3) is 5.31. The van der Waals surface area contributed by atoms with Gasteiger partial charge >= 0.3 is 5.97 Å². The number of benzene rings is 1. The minimum Gasteiger partial charge on any atom is -0.458 e. The van der Waals surface area contributed by atoms with Crippen LogP contribution in [0.1, 0.15) is 35.6 Å². The van der Waals surface area contributed by atoms with E-state index in [1.54, 1.807) is 47.0 Å². The molecule has 2 atom stereocenters. The molecule has 1 aliphatic carbocycles. The Morgan fingerprint density at radius 3 is 2.67 bits per heavy atom. The molecule has 0 bridgehead atoms. The molecule has 1 unspecified atom stereocenters. The molecular weight excluding hydrogens is 606 g/mol. The third-order valence-electron chi connectivity index (χ3n) is 8.68. The van der Waals surface area contributed by atoms with Gasteiger partial charge in [-0.2, -0.15) is 9.40 Å². The molecule has 0 amide bonds. The van der Waals surface area contributed by atoms with Crippen molar-refractivity contribution in [1.29, 1.82) is 0 Å². The van der Waals surface area contributed by atoms with Gasteiger partial charge in [-0.05, 0) is 79.8 Å². The number of hydrogen-bond acceptors (Lipinski definition) is 9. The van der Waals surface area contributed by atoms with Crippen LogP contribution in [0.3, 0.4) is 0 Å². The number of hydrogen-bond donors (Lipinski definition) is 0. The SMILES string of the molecule is Cc1cc(COC(=O)C23Cc4cnn(-c5ccc(F)cc5)c4C=C2CCN(S(=O)(=O)c2ccc(N4CC[C@@H](F)C4)nc2)C3)no1. The lowest BCUT2D eigenvalue weighted by molar-refractivity contribution is -0.156. The smallest absolute Gasteiger partial charge is 0.318 e. The van der Waals surface area contributed by atoms with Gasteiger partial charge in [0.1, 0.15) is 46.2 Å². The van der Waals surface area contributed by atoms with Gasteiger partial charge in [-0.1, -0.05) is 5.16 Å². The summed E-state index contributed by atoms with van der Waals surface area (Å²) in [4.78, 5) is 20.1. The van der Waals surface area contributed by atoms with Crippen molar-refractivity contribution < 1.29 is 31.3 Å². The first-order valence-corrected chi connectivity index (χ1v) is 16.0. The highest BCUT2D eigenvalue weighted by atomic mass is 32.2. The van der Waals surface area contributed by atoms with Crippen LogP contribution >= 0.6 is 0 Å². The number of rotatable bonds is 7. The maximum atomic E-state index is 14.0. The number of aryl methyl sites for hydroxylation is 1. The van der Waals surface area contributed by atoms with Crippen LogP contribution in [0.2, 0.25) is 0 Å². The Balaban J connectivity index is 1.20. The number of halogens is 2. The van der Waals surface area contributed by atoms with Crippen LogP contribution in [0, 0.1) is 18.2 Å². The van der Waals surface area contributed by atoms with Crippen LogP contribution in [0.25, 0.3) is 11.8 Å². The zero-order chi connectivity index (χ0) is 31.3. The van der Waals surface area contributed by atoms with E-state index in [0.29, 0.717) is 35.9 Å². The summed E-state index contributed by atoms with van der Waals surface area (Å²) in [5.74, 6) is 0.126. The molecule has 0 saturated carbocycles. The number of carbonyl (C=O) groups is 1. The van der Waals surface area contributed by atoms with Crippen LogP contribution < -0.4 is 4.90 Å². The molecule has 5 heterocycles. The number of esters is 1. The molecule has 11 nitrogen and oxygen atoms in total. The Kier molecular flexibility index (Phi) is 7.28. The van der Waals surface area contributed by atoms with Gasteiger partial charge in [0, 0.05) is 31.9 Å². The van der Waals surface area contributed by atoms with Gasteiger partial charge in [0.15, 0.2) is 0 Å². The van der Waals surface area contributed by atoms with Gasteiger partial charge in [0.2, 0.25) is 10.0 Å². The number of piperidine rings is 1. The van der Waals surface area contributed by atoms with Crippen molar-refractivity contribution in [2.75, 3.05) is 31.1 Å². The molecule has 234 valence electrons.